The molecule has 0 N–H and O–H groups in total. The number of halogens is 4. The van der Waals surface area contributed by atoms with Crippen molar-refractivity contribution in [2.24, 2.45) is 5.92 Å². The molecule has 0 saturated carbocycles. The Kier molecular flexibility index (Phi) is 7.90. The summed E-state index contributed by atoms with van der Waals surface area (Å²) in [4.78, 5) is 0. The Morgan fingerprint density at radius 3 is 1.94 bits per heavy atom. The average molecular weight is 479 g/mol. The number of rotatable bonds is 8. The van der Waals surface area contributed by atoms with Crippen LogP contribution in [0.25, 0.3) is 27.8 Å². The first-order chi connectivity index (χ1) is 16.9. The molecule has 0 bridgehead atoms. The lowest BCUT2D eigenvalue weighted by molar-refractivity contribution is 0.499. The lowest BCUT2D eigenvalue weighted by Crippen LogP contribution is -2.04. The molecule has 0 fully saturated rings. The van der Waals surface area contributed by atoms with E-state index in [2.05, 4.69) is 13.5 Å². The van der Waals surface area contributed by atoms with E-state index in [4.69, 9.17) is 0 Å². The second-order valence-electron chi connectivity index (χ2n) is 9.41. The minimum Gasteiger partial charge on any atom is -0.203 e. The van der Waals surface area contributed by atoms with Gasteiger partial charge in [-0.3, -0.25) is 0 Å². The topological polar surface area (TPSA) is 0 Å². The quantitative estimate of drug-likeness (QED) is 0.172. The molecule has 0 spiro atoms. The van der Waals surface area contributed by atoms with E-state index in [1.165, 1.54) is 0 Å². The first kappa shape index (κ1) is 25.0. The van der Waals surface area contributed by atoms with Crippen LogP contribution in [0.5, 0.6) is 0 Å². The van der Waals surface area contributed by atoms with E-state index in [1.807, 2.05) is 12.2 Å². The largest absolute Gasteiger partial charge is 0.203 e. The van der Waals surface area contributed by atoms with E-state index in [1.54, 1.807) is 48.5 Å². The molecule has 4 heteroatoms. The van der Waals surface area contributed by atoms with Crippen molar-refractivity contribution in [1.29, 1.82) is 0 Å². The van der Waals surface area contributed by atoms with Crippen LogP contribution < -0.4 is 0 Å². The first-order valence-electron chi connectivity index (χ1n) is 12.3. The summed E-state index contributed by atoms with van der Waals surface area (Å²) in [6.45, 7) is 5.82. The molecule has 3 aromatic rings. The number of allylic oxidation sites excluding steroid dienone is 3. The molecule has 3 aromatic carbocycles. The van der Waals surface area contributed by atoms with Crippen molar-refractivity contribution in [2.45, 2.75) is 51.9 Å². The second kappa shape index (κ2) is 11.1. The maximum atomic E-state index is 15.0. The average Bonchev–Trinajstić information content (AvgIpc) is 2.87. The molecule has 0 nitrogen and oxygen atoms in total. The predicted molar refractivity (Wildman–Crippen MR) is 136 cm³/mol. The van der Waals surface area contributed by atoms with E-state index < -0.39 is 23.3 Å². The number of aryl methyl sites for hydroxylation is 1. The van der Waals surface area contributed by atoms with E-state index in [0.29, 0.717) is 34.6 Å². The van der Waals surface area contributed by atoms with Crippen LogP contribution in [0, 0.1) is 29.2 Å². The monoisotopic (exact) mass is 478 g/mol. The maximum absolute atomic E-state index is 15.0. The van der Waals surface area contributed by atoms with Gasteiger partial charge in [-0.1, -0.05) is 67.6 Å². The third kappa shape index (κ3) is 5.42. The van der Waals surface area contributed by atoms with Crippen molar-refractivity contribution in [3.05, 3.63) is 102 Å². The van der Waals surface area contributed by atoms with Crippen molar-refractivity contribution in [1.82, 2.24) is 0 Å². The molecule has 1 aliphatic rings. The Labute approximate surface area is 205 Å². The fraction of sp³-hybridized carbons (Fsp3) is 0.290. The molecule has 0 amide bonds. The van der Waals surface area contributed by atoms with E-state index in [0.717, 1.165) is 44.1 Å². The summed E-state index contributed by atoms with van der Waals surface area (Å²) in [6, 6.07) is 12.8. The molecular formula is C31H30F4. The normalized spacial score (nSPS) is 15.7. The van der Waals surface area contributed by atoms with Crippen molar-refractivity contribution in [2.75, 3.05) is 0 Å². The highest BCUT2D eigenvalue weighted by molar-refractivity contribution is 5.74. The lowest BCUT2D eigenvalue weighted by atomic mass is 9.87. The summed E-state index contributed by atoms with van der Waals surface area (Å²) in [5.74, 6) is -2.91. The highest BCUT2D eigenvalue weighted by Gasteiger charge is 2.20. The molecule has 35 heavy (non-hydrogen) atoms. The Morgan fingerprint density at radius 1 is 0.771 bits per heavy atom. The standard InChI is InChI=1S/C31H30F4/c1-3-4-5-6-7-24-16-17-25(29(33)28(24)32)22-12-14-23(15-13-22)27-19-18-26(30(34)31(27)35)21-10-8-20(2)9-11-21/h3,10,12-20H,1,4-9,11H2,2H3. The zero-order chi connectivity index (χ0) is 24.9. The summed E-state index contributed by atoms with van der Waals surface area (Å²) in [7, 11) is 0. The Hall–Kier alpha value is -3.14. The zero-order valence-electron chi connectivity index (χ0n) is 20.0. The predicted octanol–water partition coefficient (Wildman–Crippen LogP) is 9.68. The van der Waals surface area contributed by atoms with Crippen LogP contribution in [-0.4, -0.2) is 0 Å². The van der Waals surface area contributed by atoms with Gasteiger partial charge in [0.2, 0.25) is 0 Å². The summed E-state index contributed by atoms with van der Waals surface area (Å²) in [5, 5.41) is 0. The second-order valence-corrected chi connectivity index (χ2v) is 9.41. The zero-order valence-corrected chi connectivity index (χ0v) is 20.0. The number of benzene rings is 3. The van der Waals surface area contributed by atoms with Crippen LogP contribution in [0.4, 0.5) is 17.6 Å². The molecule has 0 aliphatic heterocycles. The lowest BCUT2D eigenvalue weighted by Gasteiger charge is -2.19. The Balaban J connectivity index is 1.56. The molecule has 1 atom stereocenters. The van der Waals surface area contributed by atoms with Gasteiger partial charge >= 0.3 is 0 Å². The number of hydrogen-bond donors (Lipinski definition) is 0. The summed E-state index contributed by atoms with van der Waals surface area (Å²) >= 11 is 0. The molecule has 0 aromatic heterocycles. The molecule has 182 valence electrons. The number of hydrogen-bond acceptors (Lipinski definition) is 0. The third-order valence-electron chi connectivity index (χ3n) is 6.87. The van der Waals surface area contributed by atoms with Crippen molar-refractivity contribution in [3.63, 3.8) is 0 Å². The first-order valence-corrected chi connectivity index (χ1v) is 12.3. The van der Waals surface area contributed by atoms with Gasteiger partial charge in [0.05, 0.1) is 0 Å². The van der Waals surface area contributed by atoms with Crippen LogP contribution in [0.15, 0.2) is 67.3 Å². The van der Waals surface area contributed by atoms with Gasteiger partial charge < -0.3 is 0 Å². The SMILES string of the molecule is C=CCCCCc1ccc(-c2ccc(-c3ccc(C4=CCC(C)CC4)c(F)c3F)cc2)c(F)c1F. The van der Waals surface area contributed by atoms with Gasteiger partial charge in [0.15, 0.2) is 23.3 Å². The van der Waals surface area contributed by atoms with Gasteiger partial charge in [-0.25, -0.2) is 17.6 Å². The molecule has 0 heterocycles. The summed E-state index contributed by atoms with van der Waals surface area (Å²) in [5.41, 5.74) is 2.76. The Bertz CT molecular complexity index is 1240. The van der Waals surface area contributed by atoms with Crippen LogP contribution in [-0.2, 0) is 6.42 Å². The van der Waals surface area contributed by atoms with E-state index in [9.17, 15) is 17.6 Å². The van der Waals surface area contributed by atoms with Crippen molar-refractivity contribution >= 4 is 5.57 Å². The van der Waals surface area contributed by atoms with Gasteiger partial charge in [0.1, 0.15) is 0 Å². The van der Waals surface area contributed by atoms with Crippen LogP contribution in [0.3, 0.4) is 0 Å². The molecular weight excluding hydrogens is 448 g/mol. The van der Waals surface area contributed by atoms with Crippen LogP contribution in [0.2, 0.25) is 0 Å². The summed E-state index contributed by atoms with van der Waals surface area (Å²) < 4.78 is 59.3. The minimum atomic E-state index is -0.896. The maximum Gasteiger partial charge on any atom is 0.167 e. The molecule has 0 saturated heterocycles. The summed E-state index contributed by atoms with van der Waals surface area (Å²) in [6.07, 6.45) is 9.33. The number of unbranched alkanes of at least 4 members (excludes halogenated alkanes) is 2. The highest BCUT2D eigenvalue weighted by Crippen LogP contribution is 2.36. The van der Waals surface area contributed by atoms with Crippen molar-refractivity contribution in [3.8, 4) is 22.3 Å². The molecule has 1 aliphatic carbocycles. The van der Waals surface area contributed by atoms with Gasteiger partial charge in [-0.15, -0.1) is 6.58 Å². The van der Waals surface area contributed by atoms with Gasteiger partial charge in [0.25, 0.3) is 0 Å². The fourth-order valence-corrected chi connectivity index (χ4v) is 4.67. The van der Waals surface area contributed by atoms with E-state index in [-0.39, 0.29) is 11.1 Å². The smallest absolute Gasteiger partial charge is 0.167 e. The minimum absolute atomic E-state index is 0.143. The van der Waals surface area contributed by atoms with Crippen molar-refractivity contribution < 1.29 is 17.6 Å². The van der Waals surface area contributed by atoms with Gasteiger partial charge in [-0.05, 0) is 73.1 Å². The van der Waals surface area contributed by atoms with Crippen LogP contribution >= 0.6 is 0 Å². The van der Waals surface area contributed by atoms with Gasteiger partial charge in [0, 0.05) is 16.7 Å². The molecule has 4 rings (SSSR count). The molecule has 0 radical (unpaired) electrons. The van der Waals surface area contributed by atoms with Crippen LogP contribution in [0.1, 0.15) is 56.6 Å². The Morgan fingerprint density at radius 2 is 1.34 bits per heavy atom. The third-order valence-corrected chi connectivity index (χ3v) is 6.87. The molecule has 1 unspecified atom stereocenters. The van der Waals surface area contributed by atoms with E-state index >= 15 is 0 Å². The van der Waals surface area contributed by atoms with Gasteiger partial charge in [-0.2, -0.15) is 0 Å². The highest BCUT2D eigenvalue weighted by atomic mass is 19.2. The fourth-order valence-electron chi connectivity index (χ4n) is 4.67.